The van der Waals surface area contributed by atoms with Crippen LogP contribution in [-0.2, 0) is 0 Å². The van der Waals surface area contributed by atoms with Gasteiger partial charge in [0.15, 0.2) is 0 Å². The van der Waals surface area contributed by atoms with Crippen LogP contribution in [0, 0.1) is 10.1 Å². The van der Waals surface area contributed by atoms with Crippen LogP contribution in [0.15, 0.2) is 18.2 Å². The average Bonchev–Trinajstić information content (AvgIpc) is 2.47. The van der Waals surface area contributed by atoms with Gasteiger partial charge in [-0.05, 0) is 25.2 Å². The van der Waals surface area contributed by atoms with Crippen molar-refractivity contribution in [3.8, 4) is 0 Å². The van der Waals surface area contributed by atoms with Crippen molar-refractivity contribution in [3.05, 3.63) is 33.9 Å². The molecule has 2 atom stereocenters. The Bertz CT molecular complexity index is 550. The van der Waals surface area contributed by atoms with Gasteiger partial charge in [0, 0.05) is 23.4 Å². The van der Waals surface area contributed by atoms with Gasteiger partial charge < -0.3 is 10.4 Å². The molecule has 2 rings (SSSR count). The number of nitrogens with one attached hydrogen (secondary N) is 1. The molecule has 0 aromatic heterocycles. The van der Waals surface area contributed by atoms with E-state index in [1.165, 1.54) is 24.6 Å². The number of hydrogen-bond donors (Lipinski definition) is 2. The van der Waals surface area contributed by atoms with Crippen molar-refractivity contribution in [1.82, 2.24) is 0 Å². The first-order chi connectivity index (χ1) is 10.0. The number of nitrogens with zero attached hydrogens (tertiary/aromatic N) is 1. The molecule has 21 heavy (non-hydrogen) atoms. The van der Waals surface area contributed by atoms with Gasteiger partial charge in [0.05, 0.1) is 16.2 Å². The van der Waals surface area contributed by atoms with Crippen LogP contribution in [0.1, 0.15) is 36.0 Å². The zero-order chi connectivity index (χ0) is 15.4. The number of hydrogen-bond acceptors (Lipinski definition) is 5. The van der Waals surface area contributed by atoms with Gasteiger partial charge in [-0.25, -0.2) is 4.79 Å². The maximum atomic E-state index is 11.3. The zero-order valence-corrected chi connectivity index (χ0v) is 12.6. The molecule has 0 spiro atoms. The standard InChI is InChI=1S/C14H18N2O4S/c1-21-13-5-3-2-4-11(13)15-12-8-9(16(19)20)6-7-10(12)14(17)18/h6-8,11,13,15H,2-5H2,1H3,(H,17,18). The minimum atomic E-state index is -1.08. The van der Waals surface area contributed by atoms with Gasteiger partial charge in [-0.15, -0.1) is 0 Å². The number of carboxylic acids is 1. The highest BCUT2D eigenvalue weighted by atomic mass is 32.2. The van der Waals surface area contributed by atoms with Crippen molar-refractivity contribution < 1.29 is 14.8 Å². The molecule has 1 aromatic rings. The highest BCUT2D eigenvalue weighted by Gasteiger charge is 2.26. The number of aromatic carboxylic acids is 1. The molecule has 114 valence electrons. The van der Waals surface area contributed by atoms with Crippen LogP contribution in [0.25, 0.3) is 0 Å². The van der Waals surface area contributed by atoms with E-state index in [0.29, 0.717) is 10.9 Å². The van der Waals surface area contributed by atoms with Crippen molar-refractivity contribution in [2.24, 2.45) is 0 Å². The van der Waals surface area contributed by atoms with Crippen molar-refractivity contribution in [2.45, 2.75) is 37.0 Å². The summed E-state index contributed by atoms with van der Waals surface area (Å²) >= 11 is 1.75. The Morgan fingerprint density at radius 3 is 2.76 bits per heavy atom. The lowest BCUT2D eigenvalue weighted by Crippen LogP contribution is -2.34. The quantitative estimate of drug-likeness (QED) is 0.640. The van der Waals surface area contributed by atoms with E-state index >= 15 is 0 Å². The predicted octanol–water partition coefficient (Wildman–Crippen LogP) is 3.38. The van der Waals surface area contributed by atoms with Crippen LogP contribution in [0.2, 0.25) is 0 Å². The van der Waals surface area contributed by atoms with E-state index in [4.69, 9.17) is 0 Å². The fourth-order valence-corrected chi connectivity index (χ4v) is 3.63. The number of non-ortho nitro benzene ring substituents is 1. The lowest BCUT2D eigenvalue weighted by atomic mass is 9.94. The summed E-state index contributed by atoms with van der Waals surface area (Å²) in [7, 11) is 0. The van der Waals surface area contributed by atoms with Gasteiger partial charge in [0.2, 0.25) is 0 Å². The number of nitro groups is 1. The van der Waals surface area contributed by atoms with E-state index in [9.17, 15) is 20.0 Å². The molecule has 1 fully saturated rings. The highest BCUT2D eigenvalue weighted by molar-refractivity contribution is 7.99. The minimum absolute atomic E-state index is 0.0750. The molecule has 1 aliphatic rings. The summed E-state index contributed by atoms with van der Waals surface area (Å²) in [5, 5.41) is 23.7. The third kappa shape index (κ3) is 3.66. The molecule has 1 aliphatic carbocycles. The minimum Gasteiger partial charge on any atom is -0.478 e. The van der Waals surface area contributed by atoms with Crippen LogP contribution in [-0.4, -0.2) is 33.5 Å². The van der Waals surface area contributed by atoms with Gasteiger partial charge in [-0.1, -0.05) is 12.8 Å². The van der Waals surface area contributed by atoms with Gasteiger partial charge in [0.25, 0.3) is 5.69 Å². The topological polar surface area (TPSA) is 92.5 Å². The van der Waals surface area contributed by atoms with E-state index in [0.717, 1.165) is 19.3 Å². The molecule has 0 heterocycles. The number of thioether (sulfide) groups is 1. The van der Waals surface area contributed by atoms with Gasteiger partial charge in [-0.3, -0.25) is 10.1 Å². The number of nitro benzene ring substituents is 1. The van der Waals surface area contributed by atoms with Crippen LogP contribution >= 0.6 is 11.8 Å². The molecular formula is C14H18N2O4S. The van der Waals surface area contributed by atoms with Crippen LogP contribution < -0.4 is 5.32 Å². The van der Waals surface area contributed by atoms with E-state index in [1.807, 2.05) is 6.26 Å². The second-order valence-corrected chi connectivity index (χ2v) is 6.18. The molecule has 0 radical (unpaired) electrons. The Hall–Kier alpha value is -1.76. The number of benzene rings is 1. The summed E-state index contributed by atoms with van der Waals surface area (Å²) in [6, 6.07) is 3.98. The summed E-state index contributed by atoms with van der Waals surface area (Å²) in [4.78, 5) is 21.6. The first-order valence-corrected chi connectivity index (χ1v) is 8.12. The molecule has 0 amide bonds. The van der Waals surface area contributed by atoms with Crippen LogP contribution in [0.5, 0.6) is 0 Å². The van der Waals surface area contributed by atoms with Crippen LogP contribution in [0.4, 0.5) is 11.4 Å². The Balaban J connectivity index is 2.29. The lowest BCUT2D eigenvalue weighted by molar-refractivity contribution is -0.384. The largest absolute Gasteiger partial charge is 0.478 e. The SMILES string of the molecule is CSC1CCCCC1Nc1cc([N+](=O)[O-])ccc1C(=O)O. The molecule has 2 N–H and O–H groups in total. The van der Waals surface area contributed by atoms with Gasteiger partial charge >= 0.3 is 5.97 Å². The van der Waals surface area contributed by atoms with Crippen LogP contribution in [0.3, 0.4) is 0 Å². The summed E-state index contributed by atoms with van der Waals surface area (Å²) < 4.78 is 0. The summed E-state index contributed by atoms with van der Waals surface area (Å²) in [5.74, 6) is -1.08. The number of carbonyl (C=O) groups is 1. The number of rotatable bonds is 5. The Labute approximate surface area is 127 Å². The fraction of sp³-hybridized carbons (Fsp3) is 0.500. The van der Waals surface area contributed by atoms with Gasteiger partial charge in [0.1, 0.15) is 0 Å². The molecule has 2 unspecified atom stereocenters. The van der Waals surface area contributed by atoms with E-state index in [-0.39, 0.29) is 17.3 Å². The maximum absolute atomic E-state index is 11.3. The highest BCUT2D eigenvalue weighted by Crippen LogP contribution is 2.31. The van der Waals surface area contributed by atoms with Crippen molar-refractivity contribution in [2.75, 3.05) is 11.6 Å². The molecule has 0 bridgehead atoms. The molecule has 1 aromatic carbocycles. The monoisotopic (exact) mass is 310 g/mol. The van der Waals surface area contributed by atoms with E-state index in [1.54, 1.807) is 11.8 Å². The van der Waals surface area contributed by atoms with Crippen molar-refractivity contribution >= 4 is 29.1 Å². The smallest absolute Gasteiger partial charge is 0.337 e. The Kier molecular flexibility index (Phi) is 5.06. The van der Waals surface area contributed by atoms with Crippen molar-refractivity contribution in [3.63, 3.8) is 0 Å². The maximum Gasteiger partial charge on any atom is 0.337 e. The number of carboxylic acid groups (broad SMARTS) is 1. The second kappa shape index (κ2) is 6.80. The molecule has 0 saturated heterocycles. The summed E-state index contributed by atoms with van der Waals surface area (Å²) in [6.45, 7) is 0. The zero-order valence-electron chi connectivity index (χ0n) is 11.7. The second-order valence-electron chi connectivity index (χ2n) is 5.10. The predicted molar refractivity (Wildman–Crippen MR) is 83.2 cm³/mol. The Morgan fingerprint density at radius 1 is 1.43 bits per heavy atom. The average molecular weight is 310 g/mol. The first kappa shape index (κ1) is 15.6. The Morgan fingerprint density at radius 2 is 2.14 bits per heavy atom. The summed E-state index contributed by atoms with van der Waals surface area (Å²) in [5.41, 5.74) is 0.313. The fourth-order valence-electron chi connectivity index (χ4n) is 2.70. The normalized spacial score (nSPS) is 21.8. The molecule has 0 aliphatic heterocycles. The third-order valence-corrected chi connectivity index (χ3v) is 4.96. The third-order valence-electron chi connectivity index (χ3n) is 3.79. The first-order valence-electron chi connectivity index (χ1n) is 6.84. The molecule has 6 nitrogen and oxygen atoms in total. The molecule has 1 saturated carbocycles. The lowest BCUT2D eigenvalue weighted by Gasteiger charge is -2.32. The molecule has 7 heteroatoms. The van der Waals surface area contributed by atoms with Crippen molar-refractivity contribution in [1.29, 1.82) is 0 Å². The number of anilines is 1. The molecular weight excluding hydrogens is 292 g/mol. The van der Waals surface area contributed by atoms with E-state index < -0.39 is 10.9 Å². The van der Waals surface area contributed by atoms with Gasteiger partial charge in [-0.2, -0.15) is 11.8 Å². The summed E-state index contributed by atoms with van der Waals surface area (Å²) in [6.07, 6.45) is 6.33. The van der Waals surface area contributed by atoms with E-state index in [2.05, 4.69) is 5.32 Å².